The Morgan fingerprint density at radius 1 is 0.895 bits per heavy atom. The van der Waals surface area contributed by atoms with E-state index in [9.17, 15) is 0 Å². The third-order valence-electron chi connectivity index (χ3n) is 3.64. The Morgan fingerprint density at radius 3 is 2.21 bits per heavy atom. The van der Waals surface area contributed by atoms with Gasteiger partial charge in [0, 0.05) is 19.8 Å². The lowest BCUT2D eigenvalue weighted by Gasteiger charge is -2.26. The smallest absolute Gasteiger partial charge is 0.0626 e. The van der Waals surface area contributed by atoms with Crippen LogP contribution in [0.25, 0.3) is 0 Å². The monoisotopic (exact) mass is 274 g/mol. The van der Waals surface area contributed by atoms with E-state index in [0.717, 1.165) is 45.1 Å². The molecular weight excluding hydrogens is 240 g/mol. The van der Waals surface area contributed by atoms with Gasteiger partial charge in [-0.05, 0) is 45.4 Å². The van der Waals surface area contributed by atoms with Gasteiger partial charge in [0.25, 0.3) is 0 Å². The molecule has 0 spiro atoms. The van der Waals surface area contributed by atoms with Crippen molar-refractivity contribution in [3.63, 3.8) is 0 Å². The lowest BCUT2D eigenvalue weighted by atomic mass is 9.95. The Kier molecular flexibility index (Phi) is 11.6. The van der Waals surface area contributed by atoms with Gasteiger partial charge in [-0.3, -0.25) is 0 Å². The molecule has 0 heterocycles. The maximum Gasteiger partial charge on any atom is 0.0626 e. The van der Waals surface area contributed by atoms with E-state index in [-0.39, 0.29) is 5.60 Å². The van der Waals surface area contributed by atoms with Crippen LogP contribution in [0.1, 0.15) is 72.1 Å². The molecule has 1 unspecified atom stereocenters. The molecule has 0 aromatic heterocycles. The Hall–Kier alpha value is -0.120. The number of aliphatic hydroxyl groups excluding tert-OH is 2. The highest BCUT2D eigenvalue weighted by Gasteiger charge is 2.18. The minimum atomic E-state index is -0.0318. The minimum absolute atomic E-state index is 0.0318. The van der Waals surface area contributed by atoms with Crippen molar-refractivity contribution in [1.29, 1.82) is 0 Å². The molecule has 2 N–H and O–H groups in total. The zero-order chi connectivity index (χ0) is 14.6. The number of hydrogen-bond acceptors (Lipinski definition) is 3. The second-order valence-corrected chi connectivity index (χ2v) is 6.26. The van der Waals surface area contributed by atoms with Gasteiger partial charge in [0.2, 0.25) is 0 Å². The van der Waals surface area contributed by atoms with Crippen molar-refractivity contribution in [3.05, 3.63) is 0 Å². The summed E-state index contributed by atoms with van der Waals surface area (Å²) in [7, 11) is 0. The SMILES string of the molecule is CC(CCO)CCCC(C)(C)OCCCCCCO. The fourth-order valence-electron chi connectivity index (χ4n) is 2.23. The first-order valence-corrected chi connectivity index (χ1v) is 7.87. The van der Waals surface area contributed by atoms with Crippen molar-refractivity contribution in [2.75, 3.05) is 19.8 Å². The molecule has 0 saturated carbocycles. The van der Waals surface area contributed by atoms with Gasteiger partial charge in [-0.1, -0.05) is 32.6 Å². The summed E-state index contributed by atoms with van der Waals surface area (Å²) in [6, 6.07) is 0. The molecule has 0 saturated heterocycles. The number of unbranched alkanes of at least 4 members (excludes halogenated alkanes) is 3. The Labute approximate surface area is 119 Å². The highest BCUT2D eigenvalue weighted by atomic mass is 16.5. The molecule has 0 bridgehead atoms. The van der Waals surface area contributed by atoms with Crippen LogP contribution in [0.15, 0.2) is 0 Å². The van der Waals surface area contributed by atoms with Gasteiger partial charge in [0.05, 0.1) is 5.60 Å². The third kappa shape index (κ3) is 12.6. The predicted octanol–water partition coefficient (Wildman–Crippen LogP) is 3.52. The van der Waals surface area contributed by atoms with Crippen LogP contribution in [0.5, 0.6) is 0 Å². The van der Waals surface area contributed by atoms with Gasteiger partial charge in [-0.2, -0.15) is 0 Å². The van der Waals surface area contributed by atoms with E-state index in [1.165, 1.54) is 12.8 Å². The van der Waals surface area contributed by atoms with E-state index in [1.54, 1.807) is 0 Å². The van der Waals surface area contributed by atoms with Crippen molar-refractivity contribution < 1.29 is 14.9 Å². The summed E-state index contributed by atoms with van der Waals surface area (Å²) < 4.78 is 5.94. The summed E-state index contributed by atoms with van der Waals surface area (Å²) in [4.78, 5) is 0. The standard InChI is InChI=1S/C16H34O3/c1-15(10-13-18)9-8-11-16(2,3)19-14-7-5-4-6-12-17/h15,17-18H,4-14H2,1-3H3. The first-order valence-electron chi connectivity index (χ1n) is 7.87. The molecule has 0 aromatic rings. The zero-order valence-electron chi connectivity index (χ0n) is 13.2. The summed E-state index contributed by atoms with van der Waals surface area (Å²) >= 11 is 0. The van der Waals surface area contributed by atoms with Gasteiger partial charge < -0.3 is 14.9 Å². The average Bonchev–Trinajstić information content (AvgIpc) is 2.33. The average molecular weight is 274 g/mol. The van der Waals surface area contributed by atoms with Crippen molar-refractivity contribution >= 4 is 0 Å². The molecule has 0 fully saturated rings. The summed E-state index contributed by atoms with van der Waals surface area (Å²) in [5, 5.41) is 17.5. The van der Waals surface area contributed by atoms with E-state index >= 15 is 0 Å². The van der Waals surface area contributed by atoms with Gasteiger partial charge in [0.1, 0.15) is 0 Å². The molecule has 0 amide bonds. The molecular formula is C16H34O3. The van der Waals surface area contributed by atoms with E-state index in [0.29, 0.717) is 19.1 Å². The maximum atomic E-state index is 8.86. The molecule has 0 aromatic carbocycles. The molecule has 0 aliphatic heterocycles. The van der Waals surface area contributed by atoms with E-state index in [1.807, 2.05) is 0 Å². The molecule has 0 aliphatic rings. The first-order chi connectivity index (χ1) is 9.02. The van der Waals surface area contributed by atoms with Gasteiger partial charge in [0.15, 0.2) is 0 Å². The van der Waals surface area contributed by atoms with Crippen molar-refractivity contribution in [1.82, 2.24) is 0 Å². The van der Waals surface area contributed by atoms with Crippen LogP contribution >= 0.6 is 0 Å². The fraction of sp³-hybridized carbons (Fsp3) is 1.00. The number of ether oxygens (including phenoxy) is 1. The van der Waals surface area contributed by atoms with Gasteiger partial charge >= 0.3 is 0 Å². The number of aliphatic hydroxyl groups is 2. The molecule has 0 radical (unpaired) electrons. The second kappa shape index (κ2) is 11.7. The minimum Gasteiger partial charge on any atom is -0.396 e. The Morgan fingerprint density at radius 2 is 1.58 bits per heavy atom. The van der Waals surface area contributed by atoms with Crippen LogP contribution in [0.3, 0.4) is 0 Å². The molecule has 0 aliphatic carbocycles. The summed E-state index contributed by atoms with van der Waals surface area (Å²) in [5.41, 5.74) is -0.0318. The molecule has 116 valence electrons. The molecule has 1 atom stereocenters. The van der Waals surface area contributed by atoms with Crippen molar-refractivity contribution in [2.24, 2.45) is 5.92 Å². The lowest BCUT2D eigenvalue weighted by Crippen LogP contribution is -2.25. The Bertz CT molecular complexity index is 192. The fourth-order valence-corrected chi connectivity index (χ4v) is 2.23. The second-order valence-electron chi connectivity index (χ2n) is 6.26. The van der Waals surface area contributed by atoms with Gasteiger partial charge in [-0.15, -0.1) is 0 Å². The predicted molar refractivity (Wildman–Crippen MR) is 80.3 cm³/mol. The van der Waals surface area contributed by atoms with Crippen LogP contribution in [0.4, 0.5) is 0 Å². The molecule has 3 nitrogen and oxygen atoms in total. The number of rotatable bonds is 13. The highest BCUT2D eigenvalue weighted by molar-refractivity contribution is 4.69. The summed E-state index contributed by atoms with van der Waals surface area (Å²) in [5.74, 6) is 0.610. The Balaban J connectivity index is 3.51. The third-order valence-corrected chi connectivity index (χ3v) is 3.64. The van der Waals surface area contributed by atoms with Crippen LogP contribution in [-0.4, -0.2) is 35.6 Å². The van der Waals surface area contributed by atoms with Crippen LogP contribution in [0, 0.1) is 5.92 Å². The summed E-state index contributed by atoms with van der Waals surface area (Å²) in [6.07, 6.45) is 8.56. The van der Waals surface area contributed by atoms with Crippen molar-refractivity contribution in [3.8, 4) is 0 Å². The van der Waals surface area contributed by atoms with Gasteiger partial charge in [-0.25, -0.2) is 0 Å². The highest BCUT2D eigenvalue weighted by Crippen LogP contribution is 2.21. The molecule has 0 rings (SSSR count). The molecule has 3 heteroatoms. The number of hydrogen-bond donors (Lipinski definition) is 2. The van der Waals surface area contributed by atoms with Crippen molar-refractivity contribution in [2.45, 2.75) is 77.7 Å². The van der Waals surface area contributed by atoms with E-state index < -0.39 is 0 Å². The zero-order valence-corrected chi connectivity index (χ0v) is 13.2. The van der Waals surface area contributed by atoms with Crippen LogP contribution < -0.4 is 0 Å². The largest absolute Gasteiger partial charge is 0.396 e. The summed E-state index contributed by atoms with van der Waals surface area (Å²) in [6.45, 7) is 7.96. The first kappa shape index (κ1) is 18.9. The van der Waals surface area contributed by atoms with Crippen LogP contribution in [0.2, 0.25) is 0 Å². The quantitative estimate of drug-likeness (QED) is 0.505. The van der Waals surface area contributed by atoms with E-state index in [2.05, 4.69) is 20.8 Å². The lowest BCUT2D eigenvalue weighted by molar-refractivity contribution is -0.0272. The maximum absolute atomic E-state index is 8.86. The van der Waals surface area contributed by atoms with Crippen LogP contribution in [-0.2, 0) is 4.74 Å². The topological polar surface area (TPSA) is 49.7 Å². The molecule has 19 heavy (non-hydrogen) atoms. The normalized spacial score (nSPS) is 13.7. The van der Waals surface area contributed by atoms with E-state index in [4.69, 9.17) is 14.9 Å².